The smallest absolute Gasteiger partial charge is 0.109 e. The van der Waals surface area contributed by atoms with Gasteiger partial charge in [-0.3, -0.25) is 0 Å². The number of hydrogen-bond acceptors (Lipinski definition) is 1. The van der Waals surface area contributed by atoms with E-state index in [9.17, 15) is 0 Å². The fourth-order valence-corrected chi connectivity index (χ4v) is 1.98. The number of aliphatic hydroxyl groups excluding tert-OH is 1. The van der Waals surface area contributed by atoms with Crippen LogP contribution in [0.1, 0.15) is 26.7 Å². The molecule has 0 rings (SSSR count). The van der Waals surface area contributed by atoms with Gasteiger partial charge in [0.05, 0.1) is 0 Å². The van der Waals surface area contributed by atoms with E-state index in [2.05, 4.69) is 49.4 Å². The second kappa shape index (κ2) is 4.25. The lowest BCUT2D eigenvalue weighted by molar-refractivity contribution is 0.249. The van der Waals surface area contributed by atoms with Gasteiger partial charge in [0.2, 0.25) is 0 Å². The van der Waals surface area contributed by atoms with Crippen LogP contribution in [0.2, 0.25) is 24.7 Å². The summed E-state index contributed by atoms with van der Waals surface area (Å²) in [4.78, 5) is 0. The number of alkyl halides is 1. The maximum Gasteiger partial charge on any atom is 0.109 e. The van der Waals surface area contributed by atoms with Crippen molar-refractivity contribution in [1.29, 1.82) is 0 Å². The minimum atomic E-state index is -1.08. The molecule has 0 saturated heterocycles. The molecule has 0 fully saturated rings. The zero-order chi connectivity index (χ0) is 9.99. The highest BCUT2D eigenvalue weighted by Gasteiger charge is 2.34. The third-order valence-corrected chi connectivity index (χ3v) is 7.81. The Bertz CT molecular complexity index is 138. The van der Waals surface area contributed by atoms with Crippen LogP contribution in [0, 0.1) is 0 Å². The minimum absolute atomic E-state index is 0.326. The summed E-state index contributed by atoms with van der Waals surface area (Å²) in [5.41, 5.74) is 0. The quantitative estimate of drug-likeness (QED) is 0.599. The maximum atomic E-state index is 9.11. The Morgan fingerprint density at radius 2 is 1.75 bits per heavy atom. The van der Waals surface area contributed by atoms with Crippen molar-refractivity contribution in [3.63, 3.8) is 0 Å². The van der Waals surface area contributed by atoms with Gasteiger partial charge in [-0.05, 0) is 17.9 Å². The van der Waals surface area contributed by atoms with Crippen molar-refractivity contribution in [1.82, 2.24) is 0 Å². The van der Waals surface area contributed by atoms with Crippen LogP contribution in [0.25, 0.3) is 0 Å². The van der Waals surface area contributed by atoms with Crippen molar-refractivity contribution >= 4 is 24.0 Å². The maximum absolute atomic E-state index is 9.11. The lowest BCUT2D eigenvalue weighted by Gasteiger charge is -2.37. The van der Waals surface area contributed by atoms with Gasteiger partial charge in [0.25, 0.3) is 0 Å². The average Bonchev–Trinajstić information content (AvgIpc) is 1.81. The molecular weight excluding hydrogens is 232 g/mol. The Hall–Kier alpha value is 0.657. The molecule has 0 aromatic heterocycles. The van der Waals surface area contributed by atoms with Gasteiger partial charge in [0.15, 0.2) is 0 Å². The Balaban J connectivity index is 4.05. The lowest BCUT2D eigenvalue weighted by Crippen LogP contribution is -2.35. The van der Waals surface area contributed by atoms with Crippen LogP contribution in [0.4, 0.5) is 0 Å². The SMILES string of the molecule is CC(C)(CCC(O)Br)[Si](C)(C)C. The van der Waals surface area contributed by atoms with Crippen molar-refractivity contribution in [2.45, 2.75) is 56.4 Å². The zero-order valence-corrected chi connectivity index (χ0v) is 11.4. The molecule has 0 aliphatic rings. The summed E-state index contributed by atoms with van der Waals surface area (Å²) >= 11 is 3.16. The summed E-state index contributed by atoms with van der Waals surface area (Å²) in [7, 11) is -1.08. The van der Waals surface area contributed by atoms with Crippen LogP contribution in [-0.4, -0.2) is 18.2 Å². The van der Waals surface area contributed by atoms with Crippen LogP contribution in [0.5, 0.6) is 0 Å². The highest BCUT2D eigenvalue weighted by molar-refractivity contribution is 9.09. The summed E-state index contributed by atoms with van der Waals surface area (Å²) in [5, 5.41) is 9.21. The molecule has 0 radical (unpaired) electrons. The third-order valence-electron chi connectivity index (χ3n) is 3.04. The Morgan fingerprint density at radius 3 is 2.00 bits per heavy atom. The first-order chi connectivity index (χ1) is 5.17. The Kier molecular flexibility index (Phi) is 4.48. The van der Waals surface area contributed by atoms with E-state index in [0.717, 1.165) is 12.8 Å². The van der Waals surface area contributed by atoms with Gasteiger partial charge >= 0.3 is 0 Å². The van der Waals surface area contributed by atoms with Crippen LogP contribution < -0.4 is 0 Å². The van der Waals surface area contributed by atoms with Gasteiger partial charge in [-0.2, -0.15) is 0 Å². The molecule has 0 aliphatic heterocycles. The monoisotopic (exact) mass is 252 g/mol. The van der Waals surface area contributed by atoms with Crippen molar-refractivity contribution < 1.29 is 5.11 Å². The molecule has 0 spiro atoms. The Morgan fingerprint density at radius 1 is 1.33 bits per heavy atom. The lowest BCUT2D eigenvalue weighted by atomic mass is 10.1. The van der Waals surface area contributed by atoms with Crippen LogP contribution in [-0.2, 0) is 0 Å². The van der Waals surface area contributed by atoms with E-state index in [-0.39, 0.29) is 5.01 Å². The van der Waals surface area contributed by atoms with Crippen molar-refractivity contribution in [3.8, 4) is 0 Å². The molecule has 3 heteroatoms. The first-order valence-electron chi connectivity index (χ1n) is 4.49. The minimum Gasteiger partial charge on any atom is -0.382 e. The predicted molar refractivity (Wildman–Crippen MR) is 61.6 cm³/mol. The molecule has 1 unspecified atom stereocenters. The molecule has 74 valence electrons. The highest BCUT2D eigenvalue weighted by Crippen LogP contribution is 2.41. The number of halogens is 1. The van der Waals surface area contributed by atoms with Gasteiger partial charge in [0.1, 0.15) is 5.01 Å². The first kappa shape index (κ1) is 12.7. The fraction of sp³-hybridized carbons (Fsp3) is 1.00. The van der Waals surface area contributed by atoms with Gasteiger partial charge in [-0.1, -0.05) is 49.4 Å². The van der Waals surface area contributed by atoms with Crippen LogP contribution >= 0.6 is 15.9 Å². The van der Waals surface area contributed by atoms with Crippen molar-refractivity contribution in [3.05, 3.63) is 0 Å². The molecule has 0 heterocycles. The summed E-state index contributed by atoms with van der Waals surface area (Å²) in [6, 6.07) is 0. The molecule has 0 aliphatic carbocycles. The molecule has 1 nitrogen and oxygen atoms in total. The van der Waals surface area contributed by atoms with Crippen molar-refractivity contribution in [2.24, 2.45) is 0 Å². The van der Waals surface area contributed by atoms with E-state index < -0.39 is 8.07 Å². The van der Waals surface area contributed by atoms with E-state index in [1.165, 1.54) is 0 Å². The summed E-state index contributed by atoms with van der Waals surface area (Å²) in [5.74, 6) is 0. The van der Waals surface area contributed by atoms with E-state index in [0.29, 0.717) is 5.04 Å². The first-order valence-corrected chi connectivity index (χ1v) is 8.90. The molecule has 12 heavy (non-hydrogen) atoms. The molecule has 0 aromatic carbocycles. The Labute approximate surface area is 85.7 Å². The van der Waals surface area contributed by atoms with Gasteiger partial charge < -0.3 is 5.11 Å². The molecule has 1 N–H and O–H groups in total. The number of rotatable bonds is 4. The summed E-state index contributed by atoms with van der Waals surface area (Å²) in [6.07, 6.45) is 1.96. The van der Waals surface area contributed by atoms with E-state index in [1.54, 1.807) is 0 Å². The van der Waals surface area contributed by atoms with E-state index >= 15 is 0 Å². The van der Waals surface area contributed by atoms with Gasteiger partial charge in [0, 0.05) is 8.07 Å². The number of hydrogen-bond donors (Lipinski definition) is 1. The third kappa shape index (κ3) is 4.05. The molecule has 0 saturated carbocycles. The van der Waals surface area contributed by atoms with Gasteiger partial charge in [-0.15, -0.1) is 0 Å². The molecule has 0 bridgehead atoms. The van der Waals surface area contributed by atoms with E-state index in [4.69, 9.17) is 5.11 Å². The zero-order valence-electron chi connectivity index (χ0n) is 8.82. The normalized spacial score (nSPS) is 16.2. The predicted octanol–water partition coefficient (Wildman–Crippen LogP) is 3.60. The topological polar surface area (TPSA) is 20.2 Å². The molecule has 1 atom stereocenters. The van der Waals surface area contributed by atoms with Crippen LogP contribution in [0.3, 0.4) is 0 Å². The second-order valence-corrected chi connectivity index (χ2v) is 12.0. The molecule has 0 amide bonds. The molecular formula is C9H21BrOSi. The van der Waals surface area contributed by atoms with Crippen LogP contribution in [0.15, 0.2) is 0 Å². The largest absolute Gasteiger partial charge is 0.382 e. The fourth-order valence-electron chi connectivity index (χ4n) is 0.855. The molecule has 0 aromatic rings. The van der Waals surface area contributed by atoms with Crippen molar-refractivity contribution in [2.75, 3.05) is 0 Å². The standard InChI is InChI=1S/C9H21BrOSi/c1-9(2,12(3,4)5)7-6-8(10)11/h8,11H,6-7H2,1-5H3. The second-order valence-electron chi connectivity index (χ2n) is 5.11. The van der Waals surface area contributed by atoms with E-state index in [1.807, 2.05) is 0 Å². The average molecular weight is 253 g/mol. The summed E-state index contributed by atoms with van der Waals surface area (Å²) < 4.78 is 0. The summed E-state index contributed by atoms with van der Waals surface area (Å²) in [6.45, 7) is 11.8. The highest BCUT2D eigenvalue weighted by atomic mass is 79.9. The number of aliphatic hydroxyl groups is 1. The van der Waals surface area contributed by atoms with Gasteiger partial charge in [-0.25, -0.2) is 0 Å².